The van der Waals surface area contributed by atoms with E-state index in [0.29, 0.717) is 6.54 Å². The van der Waals surface area contributed by atoms with Crippen molar-refractivity contribution in [1.29, 1.82) is 0 Å². The fourth-order valence-electron chi connectivity index (χ4n) is 1.00. The number of amides is 1. The smallest absolute Gasteiger partial charge is 0.233 e. The van der Waals surface area contributed by atoms with Crippen molar-refractivity contribution in [2.24, 2.45) is 7.05 Å². The van der Waals surface area contributed by atoms with Crippen LogP contribution in [0.2, 0.25) is 0 Å². The average molecular weight is 213 g/mol. The zero-order valence-electron chi connectivity index (χ0n) is 8.65. The molecular weight excluding hydrogens is 198 g/mol. The number of nitrogens with zero attached hydrogens (tertiary/aromatic N) is 2. The average Bonchev–Trinajstić information content (AvgIpc) is 2.59. The molecule has 0 saturated carbocycles. The maximum Gasteiger partial charge on any atom is 0.233 e. The van der Waals surface area contributed by atoms with Crippen molar-refractivity contribution < 1.29 is 4.79 Å². The van der Waals surface area contributed by atoms with Crippen molar-refractivity contribution in [2.45, 2.75) is 18.7 Å². The molecule has 1 amide bonds. The van der Waals surface area contributed by atoms with E-state index in [1.807, 2.05) is 26.3 Å². The number of carbonyl (C=O) groups excluding carboxylic acids is 1. The molecule has 14 heavy (non-hydrogen) atoms. The second-order valence-corrected chi connectivity index (χ2v) is 4.22. The third-order valence-corrected chi connectivity index (χ3v) is 3.01. The number of hydrogen-bond acceptors (Lipinski definition) is 3. The van der Waals surface area contributed by atoms with Crippen LogP contribution < -0.4 is 5.32 Å². The van der Waals surface area contributed by atoms with E-state index in [-0.39, 0.29) is 11.2 Å². The SMILES string of the molecule is CS[C@H](C)C(=O)NCc1ccnn1C. The minimum Gasteiger partial charge on any atom is -0.350 e. The molecule has 1 N–H and O–H groups in total. The van der Waals surface area contributed by atoms with Crippen LogP contribution >= 0.6 is 11.8 Å². The summed E-state index contributed by atoms with van der Waals surface area (Å²) in [4.78, 5) is 11.4. The van der Waals surface area contributed by atoms with Gasteiger partial charge in [0.2, 0.25) is 5.91 Å². The number of hydrogen-bond donors (Lipinski definition) is 1. The third-order valence-electron chi connectivity index (χ3n) is 2.09. The van der Waals surface area contributed by atoms with Crippen LogP contribution in [0.1, 0.15) is 12.6 Å². The van der Waals surface area contributed by atoms with Gasteiger partial charge >= 0.3 is 0 Å². The van der Waals surface area contributed by atoms with Gasteiger partial charge in [-0.2, -0.15) is 16.9 Å². The summed E-state index contributed by atoms with van der Waals surface area (Å²) in [5, 5.41) is 6.88. The van der Waals surface area contributed by atoms with Gasteiger partial charge in [-0.3, -0.25) is 9.48 Å². The molecule has 0 unspecified atom stereocenters. The van der Waals surface area contributed by atoms with Gasteiger partial charge in [0.05, 0.1) is 17.5 Å². The van der Waals surface area contributed by atoms with Crippen LogP contribution in [0, 0.1) is 0 Å². The largest absolute Gasteiger partial charge is 0.350 e. The Morgan fingerprint density at radius 2 is 2.50 bits per heavy atom. The van der Waals surface area contributed by atoms with Crippen LogP contribution in [-0.4, -0.2) is 27.2 Å². The summed E-state index contributed by atoms with van der Waals surface area (Å²) in [5.41, 5.74) is 1.01. The number of aryl methyl sites for hydroxylation is 1. The van der Waals surface area contributed by atoms with E-state index >= 15 is 0 Å². The second kappa shape index (κ2) is 5.05. The molecule has 0 aliphatic carbocycles. The summed E-state index contributed by atoms with van der Waals surface area (Å²) in [5.74, 6) is 0.0682. The number of rotatable bonds is 4. The summed E-state index contributed by atoms with van der Waals surface area (Å²) in [6, 6.07) is 1.89. The highest BCUT2D eigenvalue weighted by atomic mass is 32.2. The maximum absolute atomic E-state index is 11.4. The van der Waals surface area contributed by atoms with Gasteiger partial charge in [-0.15, -0.1) is 0 Å². The van der Waals surface area contributed by atoms with Crippen LogP contribution in [0.25, 0.3) is 0 Å². The van der Waals surface area contributed by atoms with Crippen molar-refractivity contribution in [3.63, 3.8) is 0 Å². The highest BCUT2D eigenvalue weighted by Crippen LogP contribution is 2.05. The lowest BCUT2D eigenvalue weighted by Crippen LogP contribution is -2.30. The quantitative estimate of drug-likeness (QED) is 0.804. The Balaban J connectivity index is 2.41. The Morgan fingerprint density at radius 3 is 3.00 bits per heavy atom. The Labute approximate surface area is 88.1 Å². The minimum atomic E-state index is 0.00299. The fraction of sp³-hybridized carbons (Fsp3) is 0.556. The minimum absolute atomic E-state index is 0.00299. The first-order chi connectivity index (χ1) is 6.65. The van der Waals surface area contributed by atoms with E-state index in [4.69, 9.17) is 0 Å². The number of aromatic nitrogens is 2. The van der Waals surface area contributed by atoms with E-state index in [9.17, 15) is 4.79 Å². The molecule has 0 aliphatic heterocycles. The Hall–Kier alpha value is -0.970. The van der Waals surface area contributed by atoms with Gasteiger partial charge in [0.15, 0.2) is 0 Å². The molecule has 1 heterocycles. The first-order valence-corrected chi connectivity index (χ1v) is 5.71. The van der Waals surface area contributed by atoms with Gasteiger partial charge in [0.25, 0.3) is 0 Å². The fourth-order valence-corrected chi connectivity index (χ4v) is 1.30. The van der Waals surface area contributed by atoms with Gasteiger partial charge in [0, 0.05) is 13.2 Å². The summed E-state index contributed by atoms with van der Waals surface area (Å²) in [6.45, 7) is 2.43. The first-order valence-electron chi connectivity index (χ1n) is 4.42. The lowest BCUT2D eigenvalue weighted by Gasteiger charge is -2.09. The Kier molecular flexibility index (Phi) is 4.00. The molecule has 0 radical (unpaired) electrons. The highest BCUT2D eigenvalue weighted by molar-refractivity contribution is 7.99. The van der Waals surface area contributed by atoms with E-state index in [0.717, 1.165) is 5.69 Å². The predicted molar refractivity (Wildman–Crippen MR) is 58.0 cm³/mol. The van der Waals surface area contributed by atoms with Crippen LogP contribution in [0.4, 0.5) is 0 Å². The monoisotopic (exact) mass is 213 g/mol. The van der Waals surface area contributed by atoms with Gasteiger partial charge < -0.3 is 5.32 Å². The molecule has 0 saturated heterocycles. The molecule has 0 spiro atoms. The number of carbonyl (C=O) groups is 1. The Bertz CT molecular complexity index is 311. The lowest BCUT2D eigenvalue weighted by molar-refractivity contribution is -0.120. The zero-order chi connectivity index (χ0) is 10.6. The molecule has 1 atom stereocenters. The van der Waals surface area contributed by atoms with Crippen LogP contribution in [0.5, 0.6) is 0 Å². The molecular formula is C9H15N3OS. The van der Waals surface area contributed by atoms with E-state index in [1.165, 1.54) is 11.8 Å². The normalized spacial score (nSPS) is 12.5. The first kappa shape index (κ1) is 11.1. The number of nitrogens with one attached hydrogen (secondary N) is 1. The van der Waals surface area contributed by atoms with Crippen molar-refractivity contribution in [2.75, 3.05) is 6.26 Å². The zero-order valence-corrected chi connectivity index (χ0v) is 9.47. The summed E-state index contributed by atoms with van der Waals surface area (Å²) >= 11 is 1.54. The summed E-state index contributed by atoms with van der Waals surface area (Å²) < 4.78 is 1.75. The van der Waals surface area contributed by atoms with Crippen molar-refractivity contribution in [3.8, 4) is 0 Å². The second-order valence-electron chi connectivity index (χ2n) is 3.04. The molecule has 0 fully saturated rings. The van der Waals surface area contributed by atoms with Crippen LogP contribution in [0.15, 0.2) is 12.3 Å². The highest BCUT2D eigenvalue weighted by Gasteiger charge is 2.10. The molecule has 1 rings (SSSR count). The number of thioether (sulfide) groups is 1. The van der Waals surface area contributed by atoms with Crippen LogP contribution in [-0.2, 0) is 18.4 Å². The van der Waals surface area contributed by atoms with Gasteiger partial charge in [-0.1, -0.05) is 0 Å². The van der Waals surface area contributed by atoms with Gasteiger partial charge in [0.1, 0.15) is 0 Å². The molecule has 78 valence electrons. The molecule has 0 bridgehead atoms. The molecule has 4 nitrogen and oxygen atoms in total. The summed E-state index contributed by atoms with van der Waals surface area (Å²) in [6.07, 6.45) is 3.65. The van der Waals surface area contributed by atoms with Crippen molar-refractivity contribution >= 4 is 17.7 Å². The Morgan fingerprint density at radius 1 is 1.79 bits per heavy atom. The van der Waals surface area contributed by atoms with E-state index in [2.05, 4.69) is 10.4 Å². The van der Waals surface area contributed by atoms with Gasteiger partial charge in [-0.25, -0.2) is 0 Å². The molecule has 1 aromatic rings. The molecule has 0 aliphatic rings. The lowest BCUT2D eigenvalue weighted by atomic mass is 10.4. The van der Waals surface area contributed by atoms with Gasteiger partial charge in [-0.05, 0) is 19.2 Å². The maximum atomic E-state index is 11.4. The van der Waals surface area contributed by atoms with E-state index in [1.54, 1.807) is 10.9 Å². The van der Waals surface area contributed by atoms with Crippen LogP contribution in [0.3, 0.4) is 0 Å². The molecule has 1 aromatic heterocycles. The van der Waals surface area contributed by atoms with Crippen molar-refractivity contribution in [3.05, 3.63) is 18.0 Å². The standard InChI is InChI=1S/C9H15N3OS/c1-7(14-3)9(13)10-6-8-4-5-11-12(8)2/h4-5,7H,6H2,1-3H3,(H,10,13)/t7-/m1/s1. The topological polar surface area (TPSA) is 46.9 Å². The molecule has 5 heteroatoms. The predicted octanol–water partition coefficient (Wildman–Crippen LogP) is 0.788. The van der Waals surface area contributed by atoms with E-state index < -0.39 is 0 Å². The third kappa shape index (κ3) is 2.77. The van der Waals surface area contributed by atoms with Crippen molar-refractivity contribution in [1.82, 2.24) is 15.1 Å². The summed E-state index contributed by atoms with van der Waals surface area (Å²) in [7, 11) is 1.86. The molecule has 0 aromatic carbocycles.